The van der Waals surface area contributed by atoms with Crippen molar-refractivity contribution in [2.45, 2.75) is 18.9 Å². The fourth-order valence-electron chi connectivity index (χ4n) is 3.40. The van der Waals surface area contributed by atoms with Gasteiger partial charge in [-0.05, 0) is 37.1 Å². The van der Waals surface area contributed by atoms with Gasteiger partial charge in [-0.1, -0.05) is 36.1 Å². The highest BCUT2D eigenvalue weighted by atomic mass is 32.2. The summed E-state index contributed by atoms with van der Waals surface area (Å²) in [7, 11) is 0. The Kier molecular flexibility index (Phi) is 5.34. The van der Waals surface area contributed by atoms with Crippen LogP contribution >= 0.6 is 24.0 Å². The third kappa shape index (κ3) is 3.76. The highest BCUT2D eigenvalue weighted by molar-refractivity contribution is 8.26. The lowest BCUT2D eigenvalue weighted by atomic mass is 10.1. The van der Waals surface area contributed by atoms with E-state index < -0.39 is 0 Å². The Balaban J connectivity index is 1.56. The second kappa shape index (κ2) is 7.90. The molecule has 0 radical (unpaired) electrons. The molecule has 0 aliphatic carbocycles. The Morgan fingerprint density at radius 1 is 1.39 bits per heavy atom. The van der Waals surface area contributed by atoms with Crippen molar-refractivity contribution < 1.29 is 19.1 Å². The smallest absolute Gasteiger partial charge is 0.263 e. The summed E-state index contributed by atoms with van der Waals surface area (Å²) < 4.78 is 6.27. The molecule has 0 saturated carbocycles. The van der Waals surface area contributed by atoms with E-state index in [9.17, 15) is 14.7 Å². The molecule has 2 fully saturated rings. The van der Waals surface area contributed by atoms with Gasteiger partial charge in [0.2, 0.25) is 0 Å². The van der Waals surface area contributed by atoms with Crippen molar-refractivity contribution in [1.29, 1.82) is 0 Å². The number of carbonyl (C=O) groups excluding carboxylic acids is 2. The maximum Gasteiger partial charge on any atom is 0.263 e. The summed E-state index contributed by atoms with van der Waals surface area (Å²) in [6, 6.07) is 10.7. The topological polar surface area (TPSA) is 82.8 Å². The van der Waals surface area contributed by atoms with Gasteiger partial charge in [-0.25, -0.2) is 0 Å². The Morgan fingerprint density at radius 2 is 2.25 bits per heavy atom. The maximum atomic E-state index is 12.8. The molecule has 4 rings (SSSR count). The lowest BCUT2D eigenvalue weighted by molar-refractivity contribution is -0.115. The molecule has 28 heavy (non-hydrogen) atoms. The minimum atomic E-state index is -0.232. The van der Waals surface area contributed by atoms with Crippen LogP contribution < -0.4 is 5.32 Å². The molecule has 2 aliphatic rings. The zero-order chi connectivity index (χ0) is 19.7. The summed E-state index contributed by atoms with van der Waals surface area (Å²) in [5, 5.41) is 12.0. The number of nitrogens with zero attached hydrogens (tertiary/aromatic N) is 1. The summed E-state index contributed by atoms with van der Waals surface area (Å²) in [6.07, 6.45) is 3.38. The number of nitrogens with one attached hydrogen (secondary N) is 1. The first-order chi connectivity index (χ1) is 13.5. The van der Waals surface area contributed by atoms with E-state index in [1.165, 1.54) is 11.8 Å². The number of likely N-dealkylation sites (tertiary alicyclic amines) is 1. The molecule has 1 atom stereocenters. The zero-order valence-electron chi connectivity index (χ0n) is 14.9. The number of carbonyl (C=O) groups is 2. The van der Waals surface area contributed by atoms with Gasteiger partial charge in [0, 0.05) is 23.7 Å². The Morgan fingerprint density at radius 3 is 3.00 bits per heavy atom. The molecule has 3 heterocycles. The van der Waals surface area contributed by atoms with Gasteiger partial charge >= 0.3 is 0 Å². The average molecular weight is 415 g/mol. The largest absolute Gasteiger partial charge is 0.457 e. The van der Waals surface area contributed by atoms with E-state index in [4.69, 9.17) is 16.6 Å². The molecule has 2 amide bonds. The SMILES string of the molecule is O=C1NC(=S)SC1=Cc1ccc(-c2cccc(C(=O)N3CCC[C@H]3CO)c2)o1. The van der Waals surface area contributed by atoms with E-state index >= 15 is 0 Å². The lowest BCUT2D eigenvalue weighted by Crippen LogP contribution is -2.37. The van der Waals surface area contributed by atoms with Gasteiger partial charge < -0.3 is 19.7 Å². The van der Waals surface area contributed by atoms with Crippen LogP contribution in [0.25, 0.3) is 17.4 Å². The molecule has 144 valence electrons. The number of furan rings is 1. The van der Waals surface area contributed by atoms with Crippen LogP contribution in [0.1, 0.15) is 29.0 Å². The van der Waals surface area contributed by atoms with Crippen LogP contribution in [0.2, 0.25) is 0 Å². The standard InChI is InChI=1S/C20H18N2O4S2/c23-11-14-5-2-8-22(14)19(25)13-4-1-3-12(9-13)16-7-6-15(26-16)10-17-18(24)21-20(27)28-17/h1,3-4,6-7,9-10,14,23H,2,5,8,11H2,(H,21,24,27)/t14-/m0/s1. The number of aliphatic hydroxyl groups is 1. The number of aliphatic hydroxyl groups excluding tert-OH is 1. The van der Waals surface area contributed by atoms with Crippen LogP contribution in [0.15, 0.2) is 45.7 Å². The summed E-state index contributed by atoms with van der Waals surface area (Å²) in [5.41, 5.74) is 1.33. The van der Waals surface area contributed by atoms with E-state index in [1.54, 1.807) is 35.2 Å². The van der Waals surface area contributed by atoms with Crippen LogP contribution in [0.3, 0.4) is 0 Å². The summed E-state index contributed by atoms with van der Waals surface area (Å²) in [6.45, 7) is 0.644. The molecule has 0 spiro atoms. The van der Waals surface area contributed by atoms with E-state index in [0.717, 1.165) is 18.4 Å². The number of hydrogen-bond acceptors (Lipinski definition) is 6. The van der Waals surface area contributed by atoms with Crippen LogP contribution in [0.4, 0.5) is 0 Å². The van der Waals surface area contributed by atoms with Crippen LogP contribution in [-0.4, -0.2) is 45.3 Å². The van der Waals surface area contributed by atoms with E-state index in [-0.39, 0.29) is 24.5 Å². The molecule has 2 aliphatic heterocycles. The number of benzene rings is 1. The lowest BCUT2D eigenvalue weighted by Gasteiger charge is -2.23. The number of thioether (sulfide) groups is 1. The second-order valence-corrected chi connectivity index (χ2v) is 8.33. The van der Waals surface area contributed by atoms with E-state index in [1.807, 2.05) is 12.1 Å². The van der Waals surface area contributed by atoms with Crippen molar-refractivity contribution in [3.8, 4) is 11.3 Å². The van der Waals surface area contributed by atoms with Crippen molar-refractivity contribution in [3.05, 3.63) is 52.6 Å². The highest BCUT2D eigenvalue weighted by Crippen LogP contribution is 2.29. The molecule has 1 aromatic heterocycles. The van der Waals surface area contributed by atoms with Gasteiger partial charge in [0.1, 0.15) is 15.8 Å². The second-order valence-electron chi connectivity index (χ2n) is 6.61. The molecule has 0 unspecified atom stereocenters. The van der Waals surface area contributed by atoms with Crippen molar-refractivity contribution in [3.63, 3.8) is 0 Å². The van der Waals surface area contributed by atoms with Crippen LogP contribution in [0, 0.1) is 0 Å². The number of amides is 2. The average Bonchev–Trinajstić information content (AvgIpc) is 3.42. The first-order valence-electron chi connectivity index (χ1n) is 8.92. The van der Waals surface area contributed by atoms with Crippen LogP contribution in [0.5, 0.6) is 0 Å². The van der Waals surface area contributed by atoms with Gasteiger partial charge in [-0.2, -0.15) is 0 Å². The Bertz CT molecular complexity index is 982. The molecular formula is C20H18N2O4S2. The van der Waals surface area contributed by atoms with Gasteiger partial charge in [0.15, 0.2) is 0 Å². The monoisotopic (exact) mass is 414 g/mol. The Labute approximate surface area is 171 Å². The predicted molar refractivity (Wildman–Crippen MR) is 112 cm³/mol. The third-order valence-corrected chi connectivity index (χ3v) is 5.95. The molecule has 2 saturated heterocycles. The molecular weight excluding hydrogens is 396 g/mol. The number of thiocarbonyl (C=S) groups is 1. The first kappa shape index (κ1) is 18.9. The molecule has 8 heteroatoms. The molecule has 2 N–H and O–H groups in total. The minimum absolute atomic E-state index is 0.0172. The van der Waals surface area contributed by atoms with Crippen molar-refractivity contribution in [2.75, 3.05) is 13.2 Å². The summed E-state index contributed by atoms with van der Waals surface area (Å²) in [4.78, 5) is 26.8. The fraction of sp³-hybridized carbons (Fsp3) is 0.250. The minimum Gasteiger partial charge on any atom is -0.457 e. The van der Waals surface area contributed by atoms with E-state index in [0.29, 0.717) is 32.9 Å². The quantitative estimate of drug-likeness (QED) is 0.591. The van der Waals surface area contributed by atoms with Gasteiger partial charge in [-0.3, -0.25) is 9.59 Å². The normalized spacial score (nSPS) is 20.8. The maximum absolute atomic E-state index is 12.8. The molecule has 2 aromatic rings. The number of hydrogen-bond donors (Lipinski definition) is 2. The van der Waals surface area contributed by atoms with Gasteiger partial charge in [0.25, 0.3) is 11.8 Å². The van der Waals surface area contributed by atoms with Crippen molar-refractivity contribution in [1.82, 2.24) is 10.2 Å². The zero-order valence-corrected chi connectivity index (χ0v) is 16.5. The summed E-state index contributed by atoms with van der Waals surface area (Å²) in [5.74, 6) is 0.825. The number of rotatable bonds is 4. The van der Waals surface area contributed by atoms with Gasteiger partial charge in [0.05, 0.1) is 17.6 Å². The predicted octanol–water partition coefficient (Wildman–Crippen LogP) is 3.03. The summed E-state index contributed by atoms with van der Waals surface area (Å²) >= 11 is 6.18. The fourth-order valence-corrected chi connectivity index (χ4v) is 4.42. The van der Waals surface area contributed by atoms with Gasteiger partial charge in [-0.15, -0.1) is 0 Å². The van der Waals surface area contributed by atoms with E-state index in [2.05, 4.69) is 5.32 Å². The van der Waals surface area contributed by atoms with Crippen molar-refractivity contribution >= 4 is 46.2 Å². The third-order valence-electron chi connectivity index (χ3n) is 4.78. The van der Waals surface area contributed by atoms with Crippen molar-refractivity contribution in [2.24, 2.45) is 0 Å². The molecule has 6 nitrogen and oxygen atoms in total. The van der Waals surface area contributed by atoms with Crippen LogP contribution in [-0.2, 0) is 4.79 Å². The Hall–Kier alpha value is -2.42. The molecule has 1 aromatic carbocycles. The first-order valence-corrected chi connectivity index (χ1v) is 10.1. The molecule has 0 bridgehead atoms. The highest BCUT2D eigenvalue weighted by Gasteiger charge is 2.29.